The summed E-state index contributed by atoms with van der Waals surface area (Å²) in [7, 11) is -3.69. The van der Waals surface area contributed by atoms with Crippen molar-refractivity contribution in [3.05, 3.63) is 28.8 Å². The molecule has 19 heavy (non-hydrogen) atoms. The van der Waals surface area contributed by atoms with Crippen LogP contribution in [-0.4, -0.2) is 38.4 Å². The molecule has 0 spiro atoms. The highest BCUT2D eigenvalue weighted by Crippen LogP contribution is 2.25. The first kappa shape index (κ1) is 14.3. The van der Waals surface area contributed by atoms with Crippen molar-refractivity contribution in [1.82, 2.24) is 9.62 Å². The highest BCUT2D eigenvalue weighted by atomic mass is 35.5. The largest absolute Gasteiger partial charge is 0.314 e. The molecule has 1 N–H and O–H groups in total. The number of hydrogen-bond donors (Lipinski definition) is 1. The number of benzene rings is 1. The van der Waals surface area contributed by atoms with Gasteiger partial charge in [-0.25, -0.2) is 8.42 Å². The summed E-state index contributed by atoms with van der Waals surface area (Å²) in [6.45, 7) is 3.43. The van der Waals surface area contributed by atoms with Crippen molar-refractivity contribution in [2.45, 2.75) is 17.9 Å². The van der Waals surface area contributed by atoms with E-state index in [0.29, 0.717) is 24.7 Å². The maximum Gasteiger partial charge on any atom is 0.244 e. The van der Waals surface area contributed by atoms with Crippen molar-refractivity contribution in [2.24, 2.45) is 0 Å². The SMILES string of the molecule is CC1CNCCN1S(=O)(=O)c1cc(Cl)ccc1C#N. The lowest BCUT2D eigenvalue weighted by Crippen LogP contribution is -2.52. The molecule has 1 aromatic rings. The average Bonchev–Trinajstić information content (AvgIpc) is 2.39. The fourth-order valence-corrected chi connectivity index (χ4v) is 4.14. The molecular weight excluding hydrogens is 286 g/mol. The van der Waals surface area contributed by atoms with Gasteiger partial charge in [-0.1, -0.05) is 11.6 Å². The molecule has 2 rings (SSSR count). The monoisotopic (exact) mass is 299 g/mol. The molecule has 1 atom stereocenters. The van der Waals surface area contributed by atoms with Gasteiger partial charge in [-0.2, -0.15) is 9.57 Å². The molecule has 1 fully saturated rings. The van der Waals surface area contributed by atoms with Gasteiger partial charge < -0.3 is 5.32 Å². The number of hydrogen-bond acceptors (Lipinski definition) is 4. The van der Waals surface area contributed by atoms with Crippen LogP contribution in [0.5, 0.6) is 0 Å². The van der Waals surface area contributed by atoms with E-state index in [2.05, 4.69) is 5.32 Å². The molecule has 1 unspecified atom stereocenters. The summed E-state index contributed by atoms with van der Waals surface area (Å²) in [6.07, 6.45) is 0. The van der Waals surface area contributed by atoms with E-state index in [9.17, 15) is 8.42 Å². The third-order valence-electron chi connectivity index (χ3n) is 3.09. The first-order valence-corrected chi connectivity index (χ1v) is 7.71. The van der Waals surface area contributed by atoms with E-state index < -0.39 is 10.0 Å². The first-order chi connectivity index (χ1) is 8.96. The van der Waals surface area contributed by atoms with E-state index in [0.717, 1.165) is 0 Å². The van der Waals surface area contributed by atoms with Crippen molar-refractivity contribution < 1.29 is 8.42 Å². The van der Waals surface area contributed by atoms with Crippen LogP contribution >= 0.6 is 11.6 Å². The van der Waals surface area contributed by atoms with Crippen molar-refractivity contribution in [3.8, 4) is 6.07 Å². The number of sulfonamides is 1. The summed E-state index contributed by atoms with van der Waals surface area (Å²) < 4.78 is 26.6. The lowest BCUT2D eigenvalue weighted by atomic mass is 10.2. The zero-order valence-corrected chi connectivity index (χ0v) is 12.0. The van der Waals surface area contributed by atoms with Crippen LogP contribution in [0.4, 0.5) is 0 Å². The van der Waals surface area contributed by atoms with Crippen LogP contribution in [0.2, 0.25) is 5.02 Å². The van der Waals surface area contributed by atoms with Crippen LogP contribution < -0.4 is 5.32 Å². The normalized spacial score (nSPS) is 21.0. The summed E-state index contributed by atoms with van der Waals surface area (Å²) in [5.41, 5.74) is 0.120. The molecule has 7 heteroatoms. The van der Waals surface area contributed by atoms with Gasteiger partial charge in [-0.15, -0.1) is 0 Å². The van der Waals surface area contributed by atoms with Crippen molar-refractivity contribution in [3.63, 3.8) is 0 Å². The molecule has 5 nitrogen and oxygen atoms in total. The van der Waals surface area contributed by atoms with Crippen molar-refractivity contribution in [2.75, 3.05) is 19.6 Å². The van der Waals surface area contributed by atoms with E-state index in [-0.39, 0.29) is 16.5 Å². The Morgan fingerprint density at radius 3 is 2.89 bits per heavy atom. The average molecular weight is 300 g/mol. The third kappa shape index (κ3) is 2.74. The van der Waals surface area contributed by atoms with E-state index >= 15 is 0 Å². The number of nitrogens with one attached hydrogen (secondary N) is 1. The Morgan fingerprint density at radius 1 is 1.53 bits per heavy atom. The lowest BCUT2D eigenvalue weighted by Gasteiger charge is -2.33. The zero-order chi connectivity index (χ0) is 14.0. The van der Waals surface area contributed by atoms with E-state index in [1.165, 1.54) is 22.5 Å². The van der Waals surface area contributed by atoms with Gasteiger partial charge in [0.2, 0.25) is 10.0 Å². The topological polar surface area (TPSA) is 73.2 Å². The molecule has 1 aliphatic rings. The quantitative estimate of drug-likeness (QED) is 0.890. The van der Waals surface area contributed by atoms with Gasteiger partial charge in [-0.3, -0.25) is 0 Å². The first-order valence-electron chi connectivity index (χ1n) is 5.89. The van der Waals surface area contributed by atoms with Crippen LogP contribution in [0.1, 0.15) is 12.5 Å². The van der Waals surface area contributed by atoms with Crippen LogP contribution in [0.25, 0.3) is 0 Å². The fraction of sp³-hybridized carbons (Fsp3) is 0.417. The third-order valence-corrected chi connectivity index (χ3v) is 5.38. The summed E-state index contributed by atoms with van der Waals surface area (Å²) in [6, 6.07) is 6.04. The predicted octanol–water partition coefficient (Wildman–Crippen LogP) is 1.19. The van der Waals surface area contributed by atoms with Gasteiger partial charge >= 0.3 is 0 Å². The van der Waals surface area contributed by atoms with E-state index in [1.54, 1.807) is 0 Å². The highest BCUT2D eigenvalue weighted by Gasteiger charge is 2.32. The second kappa shape index (κ2) is 5.47. The smallest absolute Gasteiger partial charge is 0.244 e. The molecule has 0 saturated carbocycles. The highest BCUT2D eigenvalue weighted by molar-refractivity contribution is 7.89. The maximum absolute atomic E-state index is 12.6. The van der Waals surface area contributed by atoms with Crippen molar-refractivity contribution >= 4 is 21.6 Å². The Bertz CT molecular complexity index is 624. The number of nitrogens with zero attached hydrogens (tertiary/aromatic N) is 2. The summed E-state index contributed by atoms with van der Waals surface area (Å²) in [5, 5.41) is 12.5. The van der Waals surface area contributed by atoms with E-state index in [4.69, 9.17) is 16.9 Å². The second-order valence-corrected chi connectivity index (χ2v) is 6.72. The van der Waals surface area contributed by atoms with E-state index in [1.807, 2.05) is 13.0 Å². The molecule has 0 aromatic heterocycles. The Balaban J connectivity index is 2.50. The number of halogens is 1. The molecule has 1 aromatic carbocycles. The molecule has 1 aliphatic heterocycles. The van der Waals surface area contributed by atoms with Gasteiger partial charge in [0.15, 0.2) is 0 Å². The zero-order valence-electron chi connectivity index (χ0n) is 10.4. The van der Waals surface area contributed by atoms with Crippen molar-refractivity contribution in [1.29, 1.82) is 5.26 Å². The molecule has 0 aliphatic carbocycles. The second-order valence-electron chi connectivity index (χ2n) is 4.42. The van der Waals surface area contributed by atoms with Crippen LogP contribution in [0.3, 0.4) is 0 Å². The Hall–Kier alpha value is -1.13. The summed E-state index contributed by atoms with van der Waals surface area (Å²) >= 11 is 5.85. The molecular formula is C12H14ClN3O2S. The molecule has 0 radical (unpaired) electrons. The maximum atomic E-state index is 12.6. The standard InChI is InChI=1S/C12H14ClN3O2S/c1-9-8-15-4-5-16(9)19(17,18)12-6-11(13)3-2-10(12)7-14/h2-3,6,9,15H,4-5,8H2,1H3. The van der Waals surface area contributed by atoms with Gasteiger partial charge in [-0.05, 0) is 25.1 Å². The molecule has 1 saturated heterocycles. The van der Waals surface area contributed by atoms with Gasteiger partial charge in [0.1, 0.15) is 11.0 Å². The summed E-state index contributed by atoms with van der Waals surface area (Å²) in [4.78, 5) is -0.0174. The minimum Gasteiger partial charge on any atom is -0.314 e. The molecule has 102 valence electrons. The molecule has 1 heterocycles. The Labute approximate surface area is 117 Å². The Morgan fingerprint density at radius 2 is 2.26 bits per heavy atom. The molecule has 0 bridgehead atoms. The fourth-order valence-electron chi connectivity index (χ4n) is 2.11. The van der Waals surface area contributed by atoms with Gasteiger partial charge in [0, 0.05) is 30.7 Å². The Kier molecular flexibility index (Phi) is 4.11. The van der Waals surface area contributed by atoms with Gasteiger partial charge in [0.05, 0.1) is 5.56 Å². The van der Waals surface area contributed by atoms with Gasteiger partial charge in [0.25, 0.3) is 0 Å². The lowest BCUT2D eigenvalue weighted by molar-refractivity contribution is 0.284. The number of nitriles is 1. The predicted molar refractivity (Wildman–Crippen MR) is 72.4 cm³/mol. The minimum absolute atomic E-state index is 0.0174. The van der Waals surface area contributed by atoms with Crippen LogP contribution in [0.15, 0.2) is 23.1 Å². The number of rotatable bonds is 2. The van der Waals surface area contributed by atoms with Crippen LogP contribution in [0, 0.1) is 11.3 Å². The summed E-state index contributed by atoms with van der Waals surface area (Å²) in [5.74, 6) is 0. The van der Waals surface area contributed by atoms with Crippen LogP contribution in [-0.2, 0) is 10.0 Å². The molecule has 0 amide bonds. The number of piperazine rings is 1. The minimum atomic E-state index is -3.69.